The summed E-state index contributed by atoms with van der Waals surface area (Å²) in [6.45, 7) is 43.5. The van der Waals surface area contributed by atoms with Gasteiger partial charge in [-0.05, 0) is 47.2 Å². The average Bonchev–Trinajstić information content (AvgIpc) is 3.70. The number of hydrogen-bond donors (Lipinski definition) is 0. The molecule has 0 unspecified atom stereocenters. The van der Waals surface area contributed by atoms with Gasteiger partial charge in [0, 0.05) is 40.2 Å². The van der Waals surface area contributed by atoms with Crippen LogP contribution in [0.1, 0.15) is 160 Å². The van der Waals surface area contributed by atoms with Crippen molar-refractivity contribution >= 4 is 8.41 Å². The minimum absolute atomic E-state index is 0. The molecule has 0 aliphatic heterocycles. The van der Waals surface area contributed by atoms with Gasteiger partial charge in [-0.3, -0.25) is 0 Å². The van der Waals surface area contributed by atoms with Gasteiger partial charge >= 0.3 is 0 Å². The van der Waals surface area contributed by atoms with E-state index in [1.54, 1.807) is 0 Å². The van der Waals surface area contributed by atoms with Crippen LogP contribution in [0.15, 0.2) is 67.3 Å². The summed E-state index contributed by atoms with van der Waals surface area (Å²) < 4.78 is 4.38. The van der Waals surface area contributed by atoms with Crippen LogP contribution in [0.5, 0.6) is 0 Å². The maximum absolute atomic E-state index is 2.27. The Balaban J connectivity index is -0.0000000605. The molecule has 0 saturated heterocycles. The predicted octanol–water partition coefficient (Wildman–Crippen LogP) is 14.3. The lowest BCUT2D eigenvalue weighted by Crippen LogP contribution is -2.18. The summed E-state index contributed by atoms with van der Waals surface area (Å²) in [7, 11) is 0. The first-order valence-electron chi connectivity index (χ1n) is 16.0. The molecule has 0 spiro atoms. The molecule has 41 heavy (non-hydrogen) atoms. The quantitative estimate of drug-likeness (QED) is 0.269. The molecule has 0 aliphatic rings. The van der Waals surface area contributed by atoms with E-state index in [0.29, 0.717) is 5.41 Å². The largest absolute Gasteiger partial charge is 0.324 e. The third kappa shape index (κ3) is 30.6. The third-order valence-corrected chi connectivity index (χ3v) is 3.54. The van der Waals surface area contributed by atoms with Crippen LogP contribution in [0.4, 0.5) is 0 Å². The highest BCUT2D eigenvalue weighted by Gasteiger charge is 2.23. The van der Waals surface area contributed by atoms with Crippen molar-refractivity contribution in [2.75, 3.05) is 0 Å². The molecule has 0 fully saturated rings. The van der Waals surface area contributed by atoms with E-state index >= 15 is 0 Å². The zero-order valence-electron chi connectivity index (χ0n) is 31.3. The van der Waals surface area contributed by atoms with Crippen LogP contribution in [0.3, 0.4) is 0 Å². The molecule has 2 heterocycles. The molecule has 245 valence electrons. The minimum atomic E-state index is 0. The second-order valence-corrected chi connectivity index (χ2v) is 9.10. The molecule has 3 rings (SSSR count). The summed E-state index contributed by atoms with van der Waals surface area (Å²) in [6, 6.07) is 14.8. The Hall–Kier alpha value is -2.16. The smallest absolute Gasteiger partial charge is 0.0507 e. The molecule has 0 saturated carbocycles. The van der Waals surface area contributed by atoms with E-state index in [2.05, 4.69) is 125 Å². The van der Waals surface area contributed by atoms with E-state index in [-0.39, 0.29) is 22.7 Å². The molecule has 3 heteroatoms. The molecule has 0 bridgehead atoms. The van der Waals surface area contributed by atoms with Crippen LogP contribution in [0, 0.1) is 5.41 Å². The number of aromatic nitrogens is 2. The van der Waals surface area contributed by atoms with E-state index in [0.717, 1.165) is 0 Å². The molecule has 0 amide bonds. The molecule has 1 aromatic carbocycles. The Labute approximate surface area is 266 Å². The Kier molecular flexibility index (Phi) is 57.0. The van der Waals surface area contributed by atoms with Gasteiger partial charge in [0.15, 0.2) is 0 Å². The summed E-state index contributed by atoms with van der Waals surface area (Å²) >= 11 is 0. The van der Waals surface area contributed by atoms with Gasteiger partial charge in [-0.25, -0.2) is 0 Å². The summed E-state index contributed by atoms with van der Waals surface area (Å²) in [5, 5.41) is 0. The molecule has 0 aliphatic carbocycles. The van der Waals surface area contributed by atoms with Gasteiger partial charge < -0.3 is 9.13 Å². The van der Waals surface area contributed by atoms with Crippen molar-refractivity contribution in [3.63, 3.8) is 0 Å². The molecule has 0 N–H and O–H groups in total. The Bertz CT molecular complexity index is 721. The van der Waals surface area contributed by atoms with Crippen LogP contribution in [-0.4, -0.2) is 17.5 Å². The molecule has 3 aromatic rings. The Morgan fingerprint density at radius 1 is 0.439 bits per heavy atom. The average molecular weight is 577 g/mol. The zero-order chi connectivity index (χ0) is 32.7. The van der Waals surface area contributed by atoms with E-state index < -0.39 is 0 Å². The van der Waals surface area contributed by atoms with Crippen LogP contribution in [0.25, 0.3) is 11.4 Å². The van der Waals surface area contributed by atoms with E-state index in [9.17, 15) is 0 Å². The van der Waals surface area contributed by atoms with Crippen molar-refractivity contribution in [2.24, 2.45) is 5.41 Å². The molecular formula is C38H80BN2. The molecule has 0 atom stereocenters. The number of benzene rings is 1. The fraction of sp³-hybridized carbons (Fsp3) is 0.632. The van der Waals surface area contributed by atoms with Gasteiger partial charge in [0.25, 0.3) is 0 Å². The lowest BCUT2D eigenvalue weighted by atomic mass is 9.84. The van der Waals surface area contributed by atoms with Crippen molar-refractivity contribution in [3.8, 4) is 11.4 Å². The van der Waals surface area contributed by atoms with Crippen LogP contribution in [0.2, 0.25) is 0 Å². The van der Waals surface area contributed by atoms with Gasteiger partial charge in [0.05, 0.1) is 11.4 Å². The van der Waals surface area contributed by atoms with E-state index in [1.807, 2.05) is 96.9 Å². The highest BCUT2D eigenvalue weighted by atomic mass is 15.0. The van der Waals surface area contributed by atoms with Crippen molar-refractivity contribution in [2.45, 2.75) is 158 Å². The van der Waals surface area contributed by atoms with Crippen molar-refractivity contribution in [1.82, 2.24) is 9.13 Å². The number of nitrogens with zero attached hydrogens (tertiary/aromatic N) is 2. The predicted molar refractivity (Wildman–Crippen MR) is 203 cm³/mol. The maximum Gasteiger partial charge on any atom is 0.0507 e. The highest BCUT2D eigenvalue weighted by molar-refractivity contribution is 5.75. The summed E-state index contributed by atoms with van der Waals surface area (Å²) in [4.78, 5) is 0. The van der Waals surface area contributed by atoms with Crippen molar-refractivity contribution in [3.05, 3.63) is 72.8 Å². The summed E-state index contributed by atoms with van der Waals surface area (Å²) in [5.74, 6) is 0. The minimum Gasteiger partial charge on any atom is -0.324 e. The Morgan fingerprint density at radius 2 is 0.634 bits per heavy atom. The van der Waals surface area contributed by atoms with E-state index in [4.69, 9.17) is 0 Å². The summed E-state index contributed by atoms with van der Waals surface area (Å²) in [5.41, 5.74) is 4.41. The number of rotatable bonds is 2. The Morgan fingerprint density at radius 3 is 0.805 bits per heavy atom. The maximum atomic E-state index is 2.27. The first-order valence-corrected chi connectivity index (χ1v) is 16.0. The normalized spacial score (nSPS) is 8.22. The topological polar surface area (TPSA) is 9.86 Å². The van der Waals surface area contributed by atoms with E-state index in [1.165, 1.54) is 16.9 Å². The second-order valence-electron chi connectivity index (χ2n) is 9.10. The second kappa shape index (κ2) is 40.0. The molecular weight excluding hydrogens is 495 g/mol. The fourth-order valence-corrected chi connectivity index (χ4v) is 2.72. The SMILES string of the molecule is C.CC.CC.CC.CC.CC.CC.CC.CC(C)(C)C.CC(C)(C)c1c(-n2cccc2)cccc1-n1cccc1.[2HH].[B]. The first-order chi connectivity index (χ1) is 18.6. The first kappa shape index (κ1) is 58.5. The summed E-state index contributed by atoms with van der Waals surface area (Å²) in [6.07, 6.45) is 8.40. The van der Waals surface area contributed by atoms with Gasteiger partial charge in [-0.15, -0.1) is 0 Å². The van der Waals surface area contributed by atoms with Crippen LogP contribution >= 0.6 is 0 Å². The van der Waals surface area contributed by atoms with Crippen LogP contribution in [-0.2, 0) is 5.41 Å². The monoisotopic (exact) mass is 577 g/mol. The molecule has 3 radical (unpaired) electrons. The van der Waals surface area contributed by atoms with Gasteiger partial charge in [-0.2, -0.15) is 0 Å². The van der Waals surface area contributed by atoms with Gasteiger partial charge in [0.2, 0.25) is 0 Å². The van der Waals surface area contributed by atoms with Gasteiger partial charge in [0.1, 0.15) is 0 Å². The third-order valence-electron chi connectivity index (χ3n) is 3.54. The molecule has 2 nitrogen and oxygen atoms in total. The number of hydrogen-bond acceptors (Lipinski definition) is 0. The zero-order valence-corrected chi connectivity index (χ0v) is 31.3. The molecule has 2 aromatic heterocycles. The van der Waals surface area contributed by atoms with Crippen LogP contribution < -0.4 is 0 Å². The fourth-order valence-electron chi connectivity index (χ4n) is 2.72. The standard InChI is InChI=1S/C18H20N2.C5H12.7C2H6.CH4.B.H2/c1-18(2,3)17-15(19-11-4-5-12-19)9-8-10-16(17)20-13-6-7-14-20;1-5(2,3)4;7*1-2;;;/h4-14H,1-3H3;1-4H3;7*1-2H3;1H4;;1H/i;;;;;;;;;;;1+1. The highest BCUT2D eigenvalue weighted by Crippen LogP contribution is 2.34. The van der Waals surface area contributed by atoms with Crippen molar-refractivity contribution in [1.29, 1.82) is 0 Å². The lowest BCUT2D eigenvalue weighted by Gasteiger charge is -2.27. The lowest BCUT2D eigenvalue weighted by molar-refractivity contribution is 0.469. The van der Waals surface area contributed by atoms with Gasteiger partial charge in [-0.1, -0.05) is 159 Å². The van der Waals surface area contributed by atoms with Crippen molar-refractivity contribution < 1.29 is 1.43 Å².